The molecule has 0 aliphatic rings. The van der Waals surface area contributed by atoms with Crippen LogP contribution in [0.4, 0.5) is 13.2 Å². The molecule has 0 amide bonds. The molecule has 0 aliphatic carbocycles. The molecule has 23 heavy (non-hydrogen) atoms. The van der Waals surface area contributed by atoms with E-state index in [2.05, 4.69) is 10.4 Å². The van der Waals surface area contributed by atoms with Gasteiger partial charge in [0.1, 0.15) is 11.4 Å². The number of rotatable bonds is 6. The average Bonchev–Trinajstić information content (AvgIpc) is 2.85. The number of hydrogen-bond acceptors (Lipinski definition) is 3. The average molecular weight is 350 g/mol. The standard InChI is InChI=1S/C15H18F3N3O.ClH/c1-21-14(15(16,17)18)12(10-20-21)9-19-7-6-11-4-3-5-13(8-11)22-2;/h3-5,8,10,19H,6-7,9H2,1-2H3;1H. The highest BCUT2D eigenvalue weighted by molar-refractivity contribution is 5.85. The molecule has 1 aromatic heterocycles. The van der Waals surface area contributed by atoms with Crippen LogP contribution in [0.5, 0.6) is 5.75 Å². The third-order valence-electron chi connectivity index (χ3n) is 3.32. The van der Waals surface area contributed by atoms with E-state index in [0.717, 1.165) is 16.0 Å². The summed E-state index contributed by atoms with van der Waals surface area (Å²) in [5.74, 6) is 0.768. The van der Waals surface area contributed by atoms with E-state index < -0.39 is 11.9 Å². The number of ether oxygens (including phenoxy) is 1. The highest BCUT2D eigenvalue weighted by atomic mass is 35.5. The lowest BCUT2D eigenvalue weighted by Gasteiger charge is -2.10. The molecule has 4 nitrogen and oxygen atoms in total. The van der Waals surface area contributed by atoms with Gasteiger partial charge in [-0.2, -0.15) is 18.3 Å². The van der Waals surface area contributed by atoms with Crippen molar-refractivity contribution in [3.8, 4) is 5.75 Å². The van der Waals surface area contributed by atoms with Crippen LogP contribution in [0, 0.1) is 0 Å². The number of halogens is 4. The highest BCUT2D eigenvalue weighted by Gasteiger charge is 2.36. The largest absolute Gasteiger partial charge is 0.497 e. The summed E-state index contributed by atoms with van der Waals surface area (Å²) in [6, 6.07) is 7.60. The number of methoxy groups -OCH3 is 1. The van der Waals surface area contributed by atoms with Gasteiger partial charge in [0, 0.05) is 19.2 Å². The number of aromatic nitrogens is 2. The fourth-order valence-corrected chi connectivity index (χ4v) is 2.26. The second-order valence-electron chi connectivity index (χ2n) is 4.92. The van der Waals surface area contributed by atoms with E-state index in [4.69, 9.17) is 4.74 Å². The molecule has 1 N–H and O–H groups in total. The molecule has 128 valence electrons. The molecule has 0 saturated heterocycles. The first kappa shape index (κ1) is 19.3. The zero-order valence-electron chi connectivity index (χ0n) is 12.9. The van der Waals surface area contributed by atoms with Crippen molar-refractivity contribution in [2.24, 2.45) is 7.05 Å². The van der Waals surface area contributed by atoms with Crippen molar-refractivity contribution in [2.75, 3.05) is 13.7 Å². The van der Waals surface area contributed by atoms with Crippen LogP contribution < -0.4 is 10.1 Å². The Morgan fingerprint density at radius 1 is 1.30 bits per heavy atom. The van der Waals surface area contributed by atoms with Gasteiger partial charge in [0.05, 0.1) is 13.3 Å². The van der Waals surface area contributed by atoms with E-state index in [1.54, 1.807) is 7.11 Å². The summed E-state index contributed by atoms with van der Waals surface area (Å²) in [5, 5.41) is 6.70. The van der Waals surface area contributed by atoms with Crippen molar-refractivity contribution in [1.29, 1.82) is 0 Å². The number of aryl methyl sites for hydroxylation is 1. The zero-order chi connectivity index (χ0) is 16.2. The molecule has 0 spiro atoms. The summed E-state index contributed by atoms with van der Waals surface area (Å²) in [6.07, 6.45) is -2.44. The Kier molecular flexibility index (Phi) is 6.90. The smallest absolute Gasteiger partial charge is 0.433 e. The summed E-state index contributed by atoms with van der Waals surface area (Å²) in [5.41, 5.74) is 0.510. The van der Waals surface area contributed by atoms with E-state index in [9.17, 15) is 13.2 Å². The van der Waals surface area contributed by atoms with E-state index in [-0.39, 0.29) is 24.5 Å². The molecule has 0 bridgehead atoms. The van der Waals surface area contributed by atoms with Crippen LogP contribution in [0.25, 0.3) is 0 Å². The lowest BCUT2D eigenvalue weighted by Crippen LogP contribution is -2.20. The molecule has 0 atom stereocenters. The lowest BCUT2D eigenvalue weighted by atomic mass is 10.1. The number of alkyl halides is 3. The molecule has 0 unspecified atom stereocenters. The predicted molar refractivity (Wildman–Crippen MR) is 83.9 cm³/mol. The Morgan fingerprint density at radius 2 is 2.04 bits per heavy atom. The summed E-state index contributed by atoms with van der Waals surface area (Å²) in [7, 11) is 2.89. The Hall–Kier alpha value is -1.73. The maximum absolute atomic E-state index is 12.9. The fraction of sp³-hybridized carbons (Fsp3) is 0.400. The minimum atomic E-state index is -4.39. The van der Waals surface area contributed by atoms with Gasteiger partial charge >= 0.3 is 6.18 Å². The third kappa shape index (κ3) is 5.14. The maximum atomic E-state index is 12.9. The number of benzene rings is 1. The molecule has 2 rings (SSSR count). The van der Waals surface area contributed by atoms with Crippen molar-refractivity contribution in [2.45, 2.75) is 19.1 Å². The quantitative estimate of drug-likeness (QED) is 0.814. The molecule has 1 aromatic carbocycles. The Morgan fingerprint density at radius 3 is 2.70 bits per heavy atom. The minimum absolute atomic E-state index is 0. The molecule has 0 fully saturated rings. The minimum Gasteiger partial charge on any atom is -0.497 e. The van der Waals surface area contributed by atoms with Crippen molar-refractivity contribution in [3.05, 3.63) is 47.3 Å². The van der Waals surface area contributed by atoms with Gasteiger partial charge in [0.15, 0.2) is 0 Å². The normalized spacial score (nSPS) is 11.2. The molecule has 2 aromatic rings. The van der Waals surface area contributed by atoms with Gasteiger partial charge in [-0.25, -0.2) is 0 Å². The van der Waals surface area contributed by atoms with Crippen LogP contribution >= 0.6 is 12.4 Å². The second kappa shape index (κ2) is 8.21. The van der Waals surface area contributed by atoms with Gasteiger partial charge in [-0.3, -0.25) is 4.68 Å². The molecular weight excluding hydrogens is 331 g/mol. The third-order valence-corrected chi connectivity index (χ3v) is 3.32. The van der Waals surface area contributed by atoms with Crippen LogP contribution in [-0.4, -0.2) is 23.4 Å². The zero-order valence-corrected chi connectivity index (χ0v) is 13.7. The topological polar surface area (TPSA) is 39.1 Å². The van der Waals surface area contributed by atoms with Crippen LogP contribution in [-0.2, 0) is 26.2 Å². The van der Waals surface area contributed by atoms with Crippen molar-refractivity contribution >= 4 is 12.4 Å². The van der Waals surface area contributed by atoms with Crippen LogP contribution in [0.1, 0.15) is 16.8 Å². The summed E-state index contributed by atoms with van der Waals surface area (Å²) < 4.78 is 44.7. The van der Waals surface area contributed by atoms with Crippen LogP contribution in [0.15, 0.2) is 30.5 Å². The Balaban J connectivity index is 0.00000264. The van der Waals surface area contributed by atoms with E-state index in [1.165, 1.54) is 13.2 Å². The Labute approximate surface area is 139 Å². The summed E-state index contributed by atoms with van der Waals surface area (Å²) in [4.78, 5) is 0. The number of hydrogen-bond donors (Lipinski definition) is 1. The van der Waals surface area contributed by atoms with Crippen molar-refractivity contribution < 1.29 is 17.9 Å². The molecular formula is C15H19ClF3N3O. The monoisotopic (exact) mass is 349 g/mol. The summed E-state index contributed by atoms with van der Waals surface area (Å²) >= 11 is 0. The van der Waals surface area contributed by atoms with Crippen LogP contribution in [0.2, 0.25) is 0 Å². The lowest BCUT2D eigenvalue weighted by molar-refractivity contribution is -0.144. The SMILES string of the molecule is COc1cccc(CCNCc2cnn(C)c2C(F)(F)F)c1.Cl. The number of nitrogens with zero attached hydrogens (tertiary/aromatic N) is 2. The molecule has 0 saturated carbocycles. The van der Waals surface area contributed by atoms with Gasteiger partial charge in [-0.05, 0) is 30.7 Å². The van der Waals surface area contributed by atoms with E-state index in [1.807, 2.05) is 24.3 Å². The van der Waals surface area contributed by atoms with E-state index in [0.29, 0.717) is 13.0 Å². The maximum Gasteiger partial charge on any atom is 0.433 e. The van der Waals surface area contributed by atoms with Gasteiger partial charge in [0.25, 0.3) is 0 Å². The first-order valence-corrected chi connectivity index (χ1v) is 6.83. The van der Waals surface area contributed by atoms with Gasteiger partial charge < -0.3 is 10.1 Å². The van der Waals surface area contributed by atoms with Crippen molar-refractivity contribution in [3.63, 3.8) is 0 Å². The number of nitrogens with one attached hydrogen (secondary N) is 1. The van der Waals surface area contributed by atoms with Gasteiger partial charge in [-0.15, -0.1) is 12.4 Å². The Bertz CT molecular complexity index is 629. The highest BCUT2D eigenvalue weighted by Crippen LogP contribution is 2.31. The van der Waals surface area contributed by atoms with Crippen LogP contribution in [0.3, 0.4) is 0 Å². The first-order valence-electron chi connectivity index (χ1n) is 6.83. The first-order chi connectivity index (χ1) is 10.4. The fourth-order valence-electron chi connectivity index (χ4n) is 2.26. The van der Waals surface area contributed by atoms with Crippen molar-refractivity contribution in [1.82, 2.24) is 15.1 Å². The summed E-state index contributed by atoms with van der Waals surface area (Å²) in [6.45, 7) is 0.700. The van der Waals surface area contributed by atoms with Gasteiger partial charge in [0.2, 0.25) is 0 Å². The molecule has 8 heteroatoms. The molecule has 0 radical (unpaired) electrons. The van der Waals surface area contributed by atoms with Gasteiger partial charge in [-0.1, -0.05) is 12.1 Å². The predicted octanol–water partition coefficient (Wildman–Crippen LogP) is 3.20. The molecule has 0 aliphatic heterocycles. The second-order valence-corrected chi connectivity index (χ2v) is 4.92. The molecule has 1 heterocycles. The van der Waals surface area contributed by atoms with E-state index >= 15 is 0 Å².